The summed E-state index contributed by atoms with van der Waals surface area (Å²) in [6.07, 6.45) is -2.57. The van der Waals surface area contributed by atoms with E-state index in [0.29, 0.717) is 0 Å². The molecule has 0 aromatic rings. The molecule has 13 heavy (non-hydrogen) atoms. The normalized spacial score (nSPS) is 25.6. The highest BCUT2D eigenvalue weighted by Gasteiger charge is 2.44. The van der Waals surface area contributed by atoms with Crippen molar-refractivity contribution in [2.45, 2.75) is 12.2 Å². The Morgan fingerprint density at radius 3 is 2.62 bits per heavy atom. The summed E-state index contributed by atoms with van der Waals surface area (Å²) in [5.74, 6) is 0.0438. The molecule has 1 atom stereocenters. The van der Waals surface area contributed by atoms with Crippen molar-refractivity contribution in [1.82, 2.24) is 0 Å². The minimum absolute atomic E-state index is 0.0438. The van der Waals surface area contributed by atoms with Crippen LogP contribution in [0, 0.1) is 0 Å². The summed E-state index contributed by atoms with van der Waals surface area (Å²) in [4.78, 5) is 13.8. The van der Waals surface area contributed by atoms with Crippen molar-refractivity contribution in [3.63, 3.8) is 0 Å². The first-order valence-corrected chi connectivity index (χ1v) is 3.36. The lowest BCUT2D eigenvalue weighted by atomic mass is 10.1. The van der Waals surface area contributed by atoms with E-state index in [1.54, 1.807) is 0 Å². The molecule has 0 amide bonds. The van der Waals surface area contributed by atoms with Crippen LogP contribution in [-0.2, 0) is 0 Å². The van der Waals surface area contributed by atoms with Gasteiger partial charge in [0, 0.05) is 0 Å². The van der Waals surface area contributed by atoms with Crippen LogP contribution in [0.2, 0.25) is 0 Å². The van der Waals surface area contributed by atoms with E-state index in [9.17, 15) is 13.2 Å². The third-order valence-corrected chi connectivity index (χ3v) is 1.59. The SMILES string of the molecule is FC(F)(F)C1=NC=NC2=NC=NC21. The van der Waals surface area contributed by atoms with E-state index in [0.717, 1.165) is 12.7 Å². The molecule has 68 valence electrons. The van der Waals surface area contributed by atoms with Crippen molar-refractivity contribution in [1.29, 1.82) is 0 Å². The highest BCUT2D eigenvalue weighted by Crippen LogP contribution is 2.24. The molecular weight excluding hydrogens is 185 g/mol. The predicted octanol–water partition coefficient (Wildman–Crippen LogP) is 0.841. The second-order valence-electron chi connectivity index (χ2n) is 2.41. The van der Waals surface area contributed by atoms with Crippen LogP contribution in [0.5, 0.6) is 0 Å². The molecule has 1 unspecified atom stereocenters. The summed E-state index contributed by atoms with van der Waals surface area (Å²) >= 11 is 0. The Morgan fingerprint density at radius 1 is 1.15 bits per heavy atom. The molecule has 0 saturated heterocycles. The fourth-order valence-corrected chi connectivity index (χ4v) is 1.04. The molecule has 2 aliphatic heterocycles. The van der Waals surface area contributed by atoms with E-state index in [-0.39, 0.29) is 5.84 Å². The molecule has 2 rings (SSSR count). The Kier molecular flexibility index (Phi) is 1.54. The van der Waals surface area contributed by atoms with Crippen molar-refractivity contribution in [2.75, 3.05) is 0 Å². The quantitative estimate of drug-likeness (QED) is 0.541. The van der Waals surface area contributed by atoms with Gasteiger partial charge in [-0.15, -0.1) is 0 Å². The van der Waals surface area contributed by atoms with Crippen LogP contribution in [0.25, 0.3) is 0 Å². The highest BCUT2D eigenvalue weighted by molar-refractivity contribution is 6.22. The summed E-state index contributed by atoms with van der Waals surface area (Å²) in [6.45, 7) is 0. The lowest BCUT2D eigenvalue weighted by molar-refractivity contribution is -0.0602. The average molecular weight is 188 g/mol. The third-order valence-electron chi connectivity index (χ3n) is 1.59. The van der Waals surface area contributed by atoms with Gasteiger partial charge in [-0.05, 0) is 0 Å². The van der Waals surface area contributed by atoms with E-state index in [2.05, 4.69) is 20.0 Å². The van der Waals surface area contributed by atoms with Gasteiger partial charge in [0.2, 0.25) is 0 Å². The molecule has 0 fully saturated rings. The Hall–Kier alpha value is -1.53. The van der Waals surface area contributed by atoms with Gasteiger partial charge >= 0.3 is 6.18 Å². The first kappa shape index (κ1) is 8.09. The van der Waals surface area contributed by atoms with Crippen molar-refractivity contribution < 1.29 is 13.2 Å². The summed E-state index contributed by atoms with van der Waals surface area (Å²) in [5.41, 5.74) is -0.963. The maximum absolute atomic E-state index is 12.3. The Bertz CT molecular complexity index is 349. The smallest absolute Gasteiger partial charge is 0.255 e. The van der Waals surface area contributed by atoms with Gasteiger partial charge in [0.15, 0.2) is 17.6 Å². The predicted molar refractivity (Wildman–Crippen MR) is 41.7 cm³/mol. The minimum atomic E-state index is -4.47. The molecule has 0 spiro atoms. The van der Waals surface area contributed by atoms with Gasteiger partial charge in [-0.25, -0.2) is 15.0 Å². The number of amidine groups is 1. The topological polar surface area (TPSA) is 49.4 Å². The van der Waals surface area contributed by atoms with Crippen LogP contribution >= 0.6 is 0 Å². The fraction of sp³-hybridized carbons (Fsp3) is 0.333. The molecule has 0 radical (unpaired) electrons. The van der Waals surface area contributed by atoms with Crippen molar-refractivity contribution in [3.8, 4) is 0 Å². The zero-order chi connectivity index (χ0) is 9.47. The zero-order valence-electron chi connectivity index (χ0n) is 6.15. The lowest BCUT2D eigenvalue weighted by Crippen LogP contribution is -2.38. The van der Waals surface area contributed by atoms with Gasteiger partial charge in [-0.2, -0.15) is 13.2 Å². The van der Waals surface area contributed by atoms with E-state index in [4.69, 9.17) is 0 Å². The van der Waals surface area contributed by atoms with E-state index < -0.39 is 17.9 Å². The second kappa shape index (κ2) is 2.48. The fourth-order valence-electron chi connectivity index (χ4n) is 1.04. The second-order valence-corrected chi connectivity index (χ2v) is 2.41. The standard InChI is InChI=1S/C6H3F3N4/c7-6(8,9)4-3-5(12-1-10-3)13-2-11-4/h1-3H. The number of alkyl halides is 3. The number of fused-ring (bicyclic) bond motifs is 1. The lowest BCUT2D eigenvalue weighted by Gasteiger charge is -2.15. The molecule has 7 heteroatoms. The van der Waals surface area contributed by atoms with Crippen LogP contribution in [0.1, 0.15) is 0 Å². The molecule has 0 aromatic heterocycles. The molecular formula is C6H3F3N4. The van der Waals surface area contributed by atoms with Gasteiger partial charge in [0.1, 0.15) is 12.7 Å². The van der Waals surface area contributed by atoms with Crippen LogP contribution in [-0.4, -0.2) is 36.4 Å². The van der Waals surface area contributed by atoms with Gasteiger partial charge < -0.3 is 0 Å². The summed E-state index contributed by atoms with van der Waals surface area (Å²) in [6, 6.07) is -1.16. The molecule has 0 N–H and O–H groups in total. The molecule has 0 saturated carbocycles. The van der Waals surface area contributed by atoms with Gasteiger partial charge in [-0.1, -0.05) is 0 Å². The van der Waals surface area contributed by atoms with Crippen molar-refractivity contribution >= 4 is 24.2 Å². The van der Waals surface area contributed by atoms with Gasteiger partial charge in [-0.3, -0.25) is 4.99 Å². The van der Waals surface area contributed by atoms with Crippen LogP contribution in [0.3, 0.4) is 0 Å². The monoisotopic (exact) mass is 188 g/mol. The maximum atomic E-state index is 12.3. The summed E-state index contributed by atoms with van der Waals surface area (Å²) in [5, 5.41) is 0. The molecule has 0 aromatic carbocycles. The molecule has 2 heterocycles. The minimum Gasteiger partial charge on any atom is -0.255 e. The Balaban J connectivity index is 2.39. The van der Waals surface area contributed by atoms with Crippen LogP contribution < -0.4 is 0 Å². The summed E-state index contributed by atoms with van der Waals surface area (Å²) < 4.78 is 36.8. The first-order chi connectivity index (χ1) is 6.09. The van der Waals surface area contributed by atoms with Gasteiger partial charge in [0.05, 0.1) is 0 Å². The summed E-state index contributed by atoms with van der Waals surface area (Å²) in [7, 11) is 0. The van der Waals surface area contributed by atoms with E-state index >= 15 is 0 Å². The maximum Gasteiger partial charge on any atom is 0.432 e. The number of hydrogen-bond acceptors (Lipinski definition) is 4. The number of nitrogens with zero attached hydrogens (tertiary/aromatic N) is 4. The number of aliphatic imine (C=N–C) groups is 4. The largest absolute Gasteiger partial charge is 0.432 e. The van der Waals surface area contributed by atoms with Crippen molar-refractivity contribution in [2.24, 2.45) is 20.0 Å². The highest BCUT2D eigenvalue weighted by atomic mass is 19.4. The van der Waals surface area contributed by atoms with Crippen LogP contribution in [0.15, 0.2) is 20.0 Å². The zero-order valence-corrected chi connectivity index (χ0v) is 6.15. The number of hydrogen-bond donors (Lipinski definition) is 0. The Labute approximate surface area is 70.6 Å². The van der Waals surface area contributed by atoms with Crippen LogP contribution in [0.4, 0.5) is 13.2 Å². The molecule has 4 nitrogen and oxygen atoms in total. The third kappa shape index (κ3) is 1.25. The van der Waals surface area contributed by atoms with E-state index in [1.165, 1.54) is 0 Å². The van der Waals surface area contributed by atoms with Crippen molar-refractivity contribution in [3.05, 3.63) is 0 Å². The average Bonchev–Trinajstić information content (AvgIpc) is 2.48. The molecule has 0 bridgehead atoms. The van der Waals surface area contributed by atoms with E-state index in [1.807, 2.05) is 0 Å². The molecule has 2 aliphatic rings. The first-order valence-electron chi connectivity index (χ1n) is 3.36. The Morgan fingerprint density at radius 2 is 1.92 bits per heavy atom. The molecule has 0 aliphatic carbocycles. The number of halogens is 3. The van der Waals surface area contributed by atoms with Gasteiger partial charge in [0.25, 0.3) is 0 Å². The number of rotatable bonds is 0.